The number of rotatable bonds is 2. The van der Waals surface area contributed by atoms with Crippen molar-refractivity contribution in [1.29, 1.82) is 0 Å². The van der Waals surface area contributed by atoms with Gasteiger partial charge in [-0.15, -0.1) is 0 Å². The second-order valence-corrected chi connectivity index (χ2v) is 11.6. The first-order valence-electron chi connectivity index (χ1n) is 11.0. The van der Waals surface area contributed by atoms with Crippen LogP contribution in [0.25, 0.3) is 10.9 Å². The summed E-state index contributed by atoms with van der Waals surface area (Å²) in [7, 11) is -3.78. The topological polar surface area (TPSA) is 68.6 Å². The Morgan fingerprint density at radius 1 is 1.03 bits per heavy atom. The Morgan fingerprint density at radius 2 is 1.72 bits per heavy atom. The van der Waals surface area contributed by atoms with Crippen molar-refractivity contribution < 1.29 is 17.9 Å². The fraction of sp³-hybridized carbons (Fsp3) is 0.400. The van der Waals surface area contributed by atoms with Gasteiger partial charge in [-0.05, 0) is 58.7 Å². The van der Waals surface area contributed by atoms with Crippen molar-refractivity contribution in [2.24, 2.45) is 0 Å². The molecule has 2 aliphatic heterocycles. The molecule has 2 atom stereocenters. The molecule has 0 saturated carbocycles. The van der Waals surface area contributed by atoms with Crippen LogP contribution in [0, 0.1) is 6.92 Å². The van der Waals surface area contributed by atoms with Gasteiger partial charge in [0.15, 0.2) is 0 Å². The monoisotopic (exact) mass is 452 g/mol. The molecule has 2 unspecified atom stereocenters. The van der Waals surface area contributed by atoms with Gasteiger partial charge in [0.05, 0.1) is 16.5 Å². The van der Waals surface area contributed by atoms with Crippen LogP contribution >= 0.6 is 0 Å². The van der Waals surface area contributed by atoms with Crippen molar-refractivity contribution in [2.75, 3.05) is 0 Å². The van der Waals surface area contributed by atoms with Gasteiger partial charge in [-0.3, -0.25) is 4.90 Å². The van der Waals surface area contributed by atoms with Gasteiger partial charge in [0.2, 0.25) is 0 Å². The summed E-state index contributed by atoms with van der Waals surface area (Å²) in [5.74, 6) is 0. The van der Waals surface area contributed by atoms with Crippen molar-refractivity contribution in [2.45, 2.75) is 69.5 Å². The summed E-state index contributed by atoms with van der Waals surface area (Å²) in [5, 5.41) is 0.886. The summed E-state index contributed by atoms with van der Waals surface area (Å²) < 4.78 is 34.8. The van der Waals surface area contributed by atoms with E-state index in [9.17, 15) is 13.2 Å². The lowest BCUT2D eigenvalue weighted by Crippen LogP contribution is -2.45. The lowest BCUT2D eigenvalue weighted by Gasteiger charge is -2.36. The number of carbonyl (C=O) groups excluding carboxylic acids is 1. The number of carbonyl (C=O) groups is 1. The first-order valence-corrected chi connectivity index (χ1v) is 12.5. The number of para-hydroxylation sites is 1. The normalized spacial score (nSPS) is 20.4. The van der Waals surface area contributed by atoms with Crippen LogP contribution in [0.4, 0.5) is 4.79 Å². The molecular weight excluding hydrogens is 424 g/mol. The molecule has 168 valence electrons. The van der Waals surface area contributed by atoms with Gasteiger partial charge in [-0.2, -0.15) is 0 Å². The molecule has 2 bridgehead atoms. The molecule has 2 aliphatic rings. The van der Waals surface area contributed by atoms with Gasteiger partial charge < -0.3 is 4.74 Å². The van der Waals surface area contributed by atoms with Crippen LogP contribution < -0.4 is 0 Å². The average Bonchev–Trinajstić information content (AvgIpc) is 3.21. The third-order valence-corrected chi connectivity index (χ3v) is 8.16. The lowest BCUT2D eigenvalue weighted by atomic mass is 9.97. The van der Waals surface area contributed by atoms with E-state index >= 15 is 0 Å². The van der Waals surface area contributed by atoms with Crippen LogP contribution in [-0.4, -0.2) is 35.0 Å². The Bertz CT molecular complexity index is 1320. The number of hydrogen-bond donors (Lipinski definition) is 0. The summed E-state index contributed by atoms with van der Waals surface area (Å²) >= 11 is 0. The molecule has 32 heavy (non-hydrogen) atoms. The molecule has 6 nitrogen and oxygen atoms in total. The quantitative estimate of drug-likeness (QED) is 0.537. The molecule has 3 heterocycles. The molecule has 1 amide bonds. The standard InChI is InChI=1S/C25H28N2O4S/c1-16-9-12-18(13-10-16)32(29,30)27-20-8-6-5-7-19(20)23-21-14-11-17(15-22(23)27)26(21)24(28)31-25(2,3)4/h5-10,12-13,17,21H,11,14-15H2,1-4H3. The Balaban J connectivity index is 1.69. The fourth-order valence-corrected chi connectivity index (χ4v) is 6.70. The zero-order valence-electron chi connectivity index (χ0n) is 18.8. The van der Waals surface area contributed by atoms with Gasteiger partial charge in [-0.1, -0.05) is 35.9 Å². The van der Waals surface area contributed by atoms with E-state index in [0.717, 1.165) is 35.0 Å². The van der Waals surface area contributed by atoms with Gasteiger partial charge in [0.1, 0.15) is 5.60 Å². The Morgan fingerprint density at radius 3 is 2.41 bits per heavy atom. The van der Waals surface area contributed by atoms with Crippen LogP contribution in [0.3, 0.4) is 0 Å². The van der Waals surface area contributed by atoms with Gasteiger partial charge in [0.25, 0.3) is 10.0 Å². The molecule has 7 heteroatoms. The van der Waals surface area contributed by atoms with E-state index in [-0.39, 0.29) is 23.1 Å². The third-order valence-electron chi connectivity index (χ3n) is 6.40. The van der Waals surface area contributed by atoms with Crippen LogP contribution in [-0.2, 0) is 21.2 Å². The zero-order chi connectivity index (χ0) is 22.8. The van der Waals surface area contributed by atoms with E-state index < -0.39 is 15.6 Å². The molecule has 5 rings (SSSR count). The molecule has 0 radical (unpaired) electrons. The molecular formula is C25H28N2O4S. The Labute approximate surface area is 188 Å². The van der Waals surface area contributed by atoms with E-state index in [1.54, 1.807) is 12.1 Å². The number of aromatic nitrogens is 1. The Kier molecular flexibility index (Phi) is 4.68. The minimum Gasteiger partial charge on any atom is -0.444 e. The smallest absolute Gasteiger partial charge is 0.411 e. The van der Waals surface area contributed by atoms with Gasteiger partial charge in [-0.25, -0.2) is 17.2 Å². The molecule has 1 saturated heterocycles. The van der Waals surface area contributed by atoms with Crippen molar-refractivity contribution in [3.63, 3.8) is 0 Å². The molecule has 0 spiro atoms. The highest BCUT2D eigenvalue weighted by atomic mass is 32.2. The molecule has 2 aromatic carbocycles. The highest BCUT2D eigenvalue weighted by Crippen LogP contribution is 2.49. The SMILES string of the molecule is Cc1ccc(S(=O)(=O)n2c3c(c4ccccc42)C2CCC(C3)N2C(=O)OC(C)(C)C)cc1. The fourth-order valence-electron chi connectivity index (χ4n) is 5.12. The van der Waals surface area contributed by atoms with Crippen LogP contribution in [0.5, 0.6) is 0 Å². The minimum absolute atomic E-state index is 0.0707. The average molecular weight is 453 g/mol. The first-order chi connectivity index (χ1) is 15.1. The maximum atomic E-state index is 13.8. The predicted octanol–water partition coefficient (Wildman–Crippen LogP) is 5.18. The largest absolute Gasteiger partial charge is 0.444 e. The molecule has 0 aliphatic carbocycles. The zero-order valence-corrected chi connectivity index (χ0v) is 19.6. The number of amides is 1. The molecule has 3 aromatic rings. The predicted molar refractivity (Wildman–Crippen MR) is 123 cm³/mol. The van der Waals surface area contributed by atoms with Crippen LogP contribution in [0.15, 0.2) is 53.4 Å². The highest BCUT2D eigenvalue weighted by Gasteiger charge is 2.47. The second-order valence-electron chi connectivity index (χ2n) is 9.80. The van der Waals surface area contributed by atoms with Crippen molar-refractivity contribution in [3.8, 4) is 0 Å². The number of nitrogens with zero attached hydrogens (tertiary/aromatic N) is 2. The number of hydrogen-bond acceptors (Lipinski definition) is 4. The first kappa shape index (κ1) is 21.1. The van der Waals surface area contributed by atoms with Crippen molar-refractivity contribution in [3.05, 3.63) is 65.4 Å². The molecule has 1 fully saturated rings. The van der Waals surface area contributed by atoms with Gasteiger partial charge in [0, 0.05) is 29.1 Å². The number of ether oxygens (including phenoxy) is 1. The maximum Gasteiger partial charge on any atom is 0.411 e. The van der Waals surface area contributed by atoms with E-state index in [4.69, 9.17) is 4.74 Å². The minimum atomic E-state index is -3.78. The maximum absolute atomic E-state index is 13.8. The summed E-state index contributed by atoms with van der Waals surface area (Å²) in [6.07, 6.45) is 1.80. The van der Waals surface area contributed by atoms with Crippen LogP contribution in [0.1, 0.15) is 56.5 Å². The summed E-state index contributed by atoms with van der Waals surface area (Å²) in [4.78, 5) is 15.2. The number of fused-ring (bicyclic) bond motifs is 6. The molecule has 1 aromatic heterocycles. The van der Waals surface area contributed by atoms with Crippen molar-refractivity contribution >= 4 is 27.0 Å². The molecule has 0 N–H and O–H groups in total. The number of benzene rings is 2. The van der Waals surface area contributed by atoms with E-state index in [0.29, 0.717) is 11.9 Å². The summed E-state index contributed by atoms with van der Waals surface area (Å²) in [6.45, 7) is 7.53. The lowest BCUT2D eigenvalue weighted by molar-refractivity contribution is 0.0125. The van der Waals surface area contributed by atoms with E-state index in [1.165, 1.54) is 3.97 Å². The van der Waals surface area contributed by atoms with E-state index in [2.05, 4.69) is 0 Å². The second kappa shape index (κ2) is 7.10. The highest BCUT2D eigenvalue weighted by molar-refractivity contribution is 7.90. The summed E-state index contributed by atoms with van der Waals surface area (Å²) in [6, 6.07) is 14.3. The Hall–Kier alpha value is -2.80. The van der Waals surface area contributed by atoms with E-state index in [1.807, 2.05) is 69.0 Å². The van der Waals surface area contributed by atoms with Crippen molar-refractivity contribution in [1.82, 2.24) is 8.87 Å². The third kappa shape index (κ3) is 3.22. The van der Waals surface area contributed by atoms with Crippen LogP contribution in [0.2, 0.25) is 0 Å². The number of aryl methyl sites for hydroxylation is 1. The van der Waals surface area contributed by atoms with Gasteiger partial charge >= 0.3 is 6.09 Å². The summed E-state index contributed by atoms with van der Waals surface area (Å²) in [5.41, 5.74) is 2.82.